The van der Waals surface area contributed by atoms with E-state index in [1.165, 1.54) is 12.1 Å². The molecule has 1 fully saturated rings. The van der Waals surface area contributed by atoms with Crippen LogP contribution in [0.25, 0.3) is 0 Å². The van der Waals surface area contributed by atoms with Crippen LogP contribution in [0.5, 0.6) is 11.5 Å². The largest absolute Gasteiger partial charge is 0.490 e. The standard InChI is InChI=1S/C22H32N2O7S/c1-15-6-4-7-16(2)24(15)22(26)17(3)31-21(25)10-11-23-32(27,28)18-8-9-19-20(14-18)30-13-5-12-29-19/h8-9,14-17,23H,4-7,10-13H2,1-3H3/t15-,16-,17+/m1/s1. The number of ether oxygens (including phenoxy) is 3. The van der Waals surface area contributed by atoms with E-state index in [-0.39, 0.29) is 35.9 Å². The summed E-state index contributed by atoms with van der Waals surface area (Å²) in [5.41, 5.74) is 0. The van der Waals surface area contributed by atoms with Gasteiger partial charge in [0.15, 0.2) is 17.6 Å². The topological polar surface area (TPSA) is 111 Å². The van der Waals surface area contributed by atoms with E-state index in [4.69, 9.17) is 14.2 Å². The maximum atomic E-state index is 12.7. The van der Waals surface area contributed by atoms with E-state index in [1.54, 1.807) is 17.9 Å². The number of benzene rings is 1. The number of amides is 1. The van der Waals surface area contributed by atoms with Gasteiger partial charge in [-0.1, -0.05) is 0 Å². The number of carbonyl (C=O) groups is 2. The minimum Gasteiger partial charge on any atom is -0.490 e. The number of carbonyl (C=O) groups excluding carboxylic acids is 2. The highest BCUT2D eigenvalue weighted by Gasteiger charge is 2.33. The van der Waals surface area contributed by atoms with Gasteiger partial charge in [-0.2, -0.15) is 0 Å². The first-order valence-corrected chi connectivity index (χ1v) is 12.6. The van der Waals surface area contributed by atoms with E-state index < -0.39 is 22.1 Å². The molecule has 0 radical (unpaired) electrons. The highest BCUT2D eigenvalue weighted by Crippen LogP contribution is 2.31. The first kappa shape index (κ1) is 24.3. The summed E-state index contributed by atoms with van der Waals surface area (Å²) in [6.45, 7) is 6.36. The van der Waals surface area contributed by atoms with Crippen LogP contribution in [0.2, 0.25) is 0 Å². The summed E-state index contributed by atoms with van der Waals surface area (Å²) in [5, 5.41) is 0. The zero-order chi connectivity index (χ0) is 23.3. The van der Waals surface area contributed by atoms with Crippen molar-refractivity contribution in [3.63, 3.8) is 0 Å². The summed E-state index contributed by atoms with van der Waals surface area (Å²) in [5.74, 6) is 0.0228. The van der Waals surface area contributed by atoms with E-state index in [1.807, 2.05) is 13.8 Å². The zero-order valence-electron chi connectivity index (χ0n) is 18.8. The molecule has 2 heterocycles. The number of hydrogen-bond acceptors (Lipinski definition) is 7. The SMILES string of the molecule is C[C@H](OC(=O)CCNS(=O)(=O)c1ccc2c(c1)OCCCO2)C(=O)N1[C@H](C)CCC[C@H]1C. The normalized spacial score (nSPS) is 22.0. The number of fused-ring (bicyclic) bond motifs is 1. The first-order chi connectivity index (χ1) is 15.2. The summed E-state index contributed by atoms with van der Waals surface area (Å²) in [6.07, 6.45) is 2.55. The van der Waals surface area contributed by atoms with Gasteiger partial charge in [0, 0.05) is 31.1 Å². The second kappa shape index (κ2) is 10.5. The Bertz CT molecular complexity index is 924. The van der Waals surface area contributed by atoms with Crippen LogP contribution in [-0.2, 0) is 24.3 Å². The molecule has 1 aromatic rings. The number of sulfonamides is 1. The monoisotopic (exact) mass is 468 g/mol. The van der Waals surface area contributed by atoms with Gasteiger partial charge in [0.1, 0.15) is 0 Å². The summed E-state index contributed by atoms with van der Waals surface area (Å²) in [4.78, 5) is 26.7. The molecular formula is C22H32N2O7S. The molecule has 3 atom stereocenters. The van der Waals surface area contributed by atoms with Crippen molar-refractivity contribution >= 4 is 21.9 Å². The molecule has 3 rings (SSSR count). The third-order valence-corrected chi connectivity index (χ3v) is 7.21. The first-order valence-electron chi connectivity index (χ1n) is 11.1. The Kier molecular flexibility index (Phi) is 8.00. The Morgan fingerprint density at radius 1 is 1.12 bits per heavy atom. The van der Waals surface area contributed by atoms with Crippen molar-refractivity contribution in [1.29, 1.82) is 0 Å². The van der Waals surface area contributed by atoms with Crippen LogP contribution in [0.15, 0.2) is 23.1 Å². The van der Waals surface area contributed by atoms with Crippen LogP contribution in [-0.4, -0.2) is 63.1 Å². The number of nitrogens with one attached hydrogen (secondary N) is 1. The molecule has 0 spiro atoms. The molecule has 0 aliphatic carbocycles. The number of likely N-dealkylation sites (tertiary alicyclic amines) is 1. The van der Waals surface area contributed by atoms with Gasteiger partial charge in [-0.3, -0.25) is 9.59 Å². The second-order valence-electron chi connectivity index (χ2n) is 8.31. The van der Waals surface area contributed by atoms with Crippen molar-refractivity contribution in [2.75, 3.05) is 19.8 Å². The van der Waals surface area contributed by atoms with E-state index in [0.29, 0.717) is 31.1 Å². The van der Waals surface area contributed by atoms with E-state index in [2.05, 4.69) is 4.72 Å². The molecule has 10 heteroatoms. The minimum atomic E-state index is -3.85. The number of piperidine rings is 1. The number of rotatable bonds is 7. The van der Waals surface area contributed by atoms with Gasteiger partial charge in [0.25, 0.3) is 5.91 Å². The molecule has 0 aromatic heterocycles. The smallest absolute Gasteiger partial charge is 0.307 e. The molecule has 0 unspecified atom stereocenters. The molecule has 1 amide bonds. The number of nitrogens with zero attached hydrogens (tertiary/aromatic N) is 1. The van der Waals surface area contributed by atoms with Crippen LogP contribution in [0.3, 0.4) is 0 Å². The van der Waals surface area contributed by atoms with Crippen molar-refractivity contribution in [1.82, 2.24) is 9.62 Å². The predicted molar refractivity (Wildman–Crippen MR) is 117 cm³/mol. The zero-order valence-corrected chi connectivity index (χ0v) is 19.7. The number of esters is 1. The van der Waals surface area contributed by atoms with Crippen molar-refractivity contribution in [3.05, 3.63) is 18.2 Å². The number of hydrogen-bond donors (Lipinski definition) is 1. The summed E-state index contributed by atoms with van der Waals surface area (Å²) >= 11 is 0. The van der Waals surface area contributed by atoms with Crippen molar-refractivity contribution in [3.8, 4) is 11.5 Å². The molecule has 32 heavy (non-hydrogen) atoms. The Balaban J connectivity index is 1.50. The van der Waals surface area contributed by atoms with Gasteiger partial charge < -0.3 is 19.1 Å². The Hall–Kier alpha value is -2.33. The average molecular weight is 469 g/mol. The Labute approximate surface area is 189 Å². The highest BCUT2D eigenvalue weighted by atomic mass is 32.2. The Morgan fingerprint density at radius 3 is 2.47 bits per heavy atom. The lowest BCUT2D eigenvalue weighted by molar-refractivity contribution is -0.162. The quantitative estimate of drug-likeness (QED) is 0.611. The lowest BCUT2D eigenvalue weighted by Gasteiger charge is -2.40. The van der Waals surface area contributed by atoms with Gasteiger partial charge in [-0.25, -0.2) is 13.1 Å². The third-order valence-electron chi connectivity index (χ3n) is 5.75. The Morgan fingerprint density at radius 2 is 1.78 bits per heavy atom. The lowest BCUT2D eigenvalue weighted by atomic mass is 9.97. The highest BCUT2D eigenvalue weighted by molar-refractivity contribution is 7.89. The fourth-order valence-corrected chi connectivity index (χ4v) is 5.10. The molecule has 2 aliphatic rings. The molecule has 178 valence electrons. The molecule has 1 saturated heterocycles. The molecule has 1 aromatic carbocycles. The van der Waals surface area contributed by atoms with Crippen molar-refractivity contribution in [2.24, 2.45) is 0 Å². The summed E-state index contributed by atoms with van der Waals surface area (Å²) < 4.78 is 43.8. The predicted octanol–water partition coefficient (Wildman–Crippen LogP) is 2.24. The van der Waals surface area contributed by atoms with Gasteiger partial charge in [0.2, 0.25) is 10.0 Å². The van der Waals surface area contributed by atoms with Crippen LogP contribution in [0.4, 0.5) is 0 Å². The molecule has 0 saturated carbocycles. The third kappa shape index (κ3) is 5.92. The molecular weight excluding hydrogens is 436 g/mol. The van der Waals surface area contributed by atoms with E-state index in [0.717, 1.165) is 19.3 Å². The molecule has 2 aliphatic heterocycles. The average Bonchev–Trinajstić information content (AvgIpc) is 2.98. The van der Waals surface area contributed by atoms with Crippen LogP contribution in [0.1, 0.15) is 52.9 Å². The lowest BCUT2D eigenvalue weighted by Crippen LogP contribution is -2.51. The van der Waals surface area contributed by atoms with E-state index >= 15 is 0 Å². The molecule has 1 N–H and O–H groups in total. The minimum absolute atomic E-state index is 0.0201. The fraction of sp³-hybridized carbons (Fsp3) is 0.636. The maximum absolute atomic E-state index is 12.7. The van der Waals surface area contributed by atoms with Gasteiger partial charge in [0.05, 0.1) is 24.5 Å². The summed E-state index contributed by atoms with van der Waals surface area (Å²) in [7, 11) is -3.85. The van der Waals surface area contributed by atoms with Crippen LogP contribution >= 0.6 is 0 Å². The van der Waals surface area contributed by atoms with E-state index in [9.17, 15) is 18.0 Å². The van der Waals surface area contributed by atoms with Crippen LogP contribution < -0.4 is 14.2 Å². The fourth-order valence-electron chi connectivity index (χ4n) is 4.05. The van der Waals surface area contributed by atoms with Crippen molar-refractivity contribution < 1.29 is 32.2 Å². The van der Waals surface area contributed by atoms with Gasteiger partial charge in [-0.05, 0) is 52.2 Å². The summed E-state index contributed by atoms with van der Waals surface area (Å²) in [6, 6.07) is 4.60. The van der Waals surface area contributed by atoms with Gasteiger partial charge >= 0.3 is 5.97 Å². The molecule has 9 nitrogen and oxygen atoms in total. The molecule has 0 bridgehead atoms. The van der Waals surface area contributed by atoms with Crippen LogP contribution in [0, 0.1) is 0 Å². The maximum Gasteiger partial charge on any atom is 0.307 e. The van der Waals surface area contributed by atoms with Gasteiger partial charge in [-0.15, -0.1) is 0 Å². The van der Waals surface area contributed by atoms with Crippen molar-refractivity contribution in [2.45, 2.75) is 76.0 Å². The second-order valence-corrected chi connectivity index (χ2v) is 10.1.